The standard InChI is InChI=1S/C20H22N4OS/c1-23(2)19-18-15-10-11-24(12-16(15)26-20(18)22-13-21-19)17(25)9-8-14-6-4-3-5-7-14/h3-7,13H,8-12H2,1-2H3. The third-order valence-electron chi connectivity index (χ3n) is 4.86. The summed E-state index contributed by atoms with van der Waals surface area (Å²) in [5.74, 6) is 1.20. The predicted molar refractivity (Wildman–Crippen MR) is 106 cm³/mol. The molecule has 5 nitrogen and oxygen atoms in total. The molecule has 0 spiro atoms. The lowest BCUT2D eigenvalue weighted by Crippen LogP contribution is -2.35. The first-order valence-electron chi connectivity index (χ1n) is 8.87. The Kier molecular flexibility index (Phi) is 4.59. The van der Waals surface area contributed by atoms with Crippen LogP contribution in [0.3, 0.4) is 0 Å². The van der Waals surface area contributed by atoms with Crippen LogP contribution in [-0.2, 0) is 24.2 Å². The number of hydrogen-bond donors (Lipinski definition) is 0. The Bertz CT molecular complexity index is 936. The molecule has 0 radical (unpaired) electrons. The molecule has 0 saturated carbocycles. The fourth-order valence-electron chi connectivity index (χ4n) is 3.52. The lowest BCUT2D eigenvalue weighted by Gasteiger charge is -2.27. The molecule has 0 unspecified atom stereocenters. The molecule has 4 rings (SSSR count). The summed E-state index contributed by atoms with van der Waals surface area (Å²) in [6.45, 7) is 1.46. The monoisotopic (exact) mass is 366 g/mol. The first-order chi connectivity index (χ1) is 12.6. The topological polar surface area (TPSA) is 49.3 Å². The van der Waals surface area contributed by atoms with E-state index < -0.39 is 0 Å². The van der Waals surface area contributed by atoms with E-state index in [0.717, 1.165) is 35.4 Å². The summed E-state index contributed by atoms with van der Waals surface area (Å²) in [4.78, 5) is 27.9. The zero-order valence-corrected chi connectivity index (χ0v) is 15.9. The van der Waals surface area contributed by atoms with Crippen molar-refractivity contribution in [2.75, 3.05) is 25.5 Å². The predicted octanol–water partition coefficient (Wildman–Crippen LogP) is 3.27. The van der Waals surface area contributed by atoms with Gasteiger partial charge in [0.15, 0.2) is 0 Å². The lowest BCUT2D eigenvalue weighted by atomic mass is 10.0. The second-order valence-electron chi connectivity index (χ2n) is 6.83. The van der Waals surface area contributed by atoms with Crippen molar-refractivity contribution in [2.24, 2.45) is 0 Å². The van der Waals surface area contributed by atoms with Gasteiger partial charge >= 0.3 is 0 Å². The second-order valence-corrected chi connectivity index (χ2v) is 7.91. The Hall–Kier alpha value is -2.47. The number of aromatic nitrogens is 2. The number of thiophene rings is 1. The van der Waals surface area contributed by atoms with Gasteiger partial charge in [0.25, 0.3) is 0 Å². The average molecular weight is 366 g/mol. The fourth-order valence-corrected chi connectivity index (χ4v) is 4.71. The van der Waals surface area contributed by atoms with E-state index in [1.807, 2.05) is 42.1 Å². The van der Waals surface area contributed by atoms with Gasteiger partial charge in [-0.15, -0.1) is 11.3 Å². The van der Waals surface area contributed by atoms with Gasteiger partial charge in [-0.25, -0.2) is 9.97 Å². The smallest absolute Gasteiger partial charge is 0.223 e. The number of fused-ring (bicyclic) bond motifs is 3. The van der Waals surface area contributed by atoms with Crippen LogP contribution in [0.1, 0.15) is 22.4 Å². The zero-order chi connectivity index (χ0) is 18.1. The molecule has 3 heterocycles. The third kappa shape index (κ3) is 3.17. The molecule has 3 aromatic rings. The quantitative estimate of drug-likeness (QED) is 0.711. The zero-order valence-electron chi connectivity index (χ0n) is 15.1. The number of nitrogens with zero attached hydrogens (tertiary/aromatic N) is 4. The number of rotatable bonds is 4. The van der Waals surface area contributed by atoms with Crippen LogP contribution in [0.5, 0.6) is 0 Å². The largest absolute Gasteiger partial charge is 0.362 e. The molecule has 0 N–H and O–H groups in total. The van der Waals surface area contributed by atoms with Gasteiger partial charge in [0, 0.05) is 31.9 Å². The minimum Gasteiger partial charge on any atom is -0.362 e. The number of carbonyl (C=O) groups is 1. The average Bonchev–Trinajstić information content (AvgIpc) is 3.04. The fraction of sp³-hybridized carbons (Fsp3) is 0.350. The van der Waals surface area contributed by atoms with E-state index in [1.54, 1.807) is 17.7 Å². The minimum absolute atomic E-state index is 0.232. The summed E-state index contributed by atoms with van der Waals surface area (Å²) in [5.41, 5.74) is 2.53. The summed E-state index contributed by atoms with van der Waals surface area (Å²) >= 11 is 1.70. The van der Waals surface area contributed by atoms with Crippen molar-refractivity contribution in [2.45, 2.75) is 25.8 Å². The molecule has 0 fully saturated rings. The summed E-state index contributed by atoms with van der Waals surface area (Å²) in [6, 6.07) is 10.2. The highest BCUT2D eigenvalue weighted by Crippen LogP contribution is 2.37. The summed E-state index contributed by atoms with van der Waals surface area (Å²) < 4.78 is 0. The molecule has 1 aliphatic rings. The number of amides is 1. The highest BCUT2D eigenvalue weighted by molar-refractivity contribution is 7.19. The van der Waals surface area contributed by atoms with Crippen molar-refractivity contribution in [3.63, 3.8) is 0 Å². The second kappa shape index (κ2) is 7.03. The van der Waals surface area contributed by atoms with Gasteiger partial charge in [-0.05, 0) is 24.0 Å². The van der Waals surface area contributed by atoms with Crippen LogP contribution < -0.4 is 4.90 Å². The molecule has 0 saturated heterocycles. The first kappa shape index (κ1) is 17.0. The molecule has 0 atom stereocenters. The van der Waals surface area contributed by atoms with Crippen LogP contribution in [0, 0.1) is 0 Å². The van der Waals surface area contributed by atoms with Gasteiger partial charge in [-0.2, -0.15) is 0 Å². The maximum Gasteiger partial charge on any atom is 0.223 e. The number of benzene rings is 1. The van der Waals surface area contributed by atoms with Crippen LogP contribution in [-0.4, -0.2) is 41.4 Å². The molecule has 1 amide bonds. The molecular formula is C20H22N4OS. The molecule has 1 aromatic carbocycles. The maximum absolute atomic E-state index is 12.7. The van der Waals surface area contributed by atoms with Gasteiger partial charge < -0.3 is 9.80 Å². The van der Waals surface area contributed by atoms with Gasteiger partial charge in [-0.3, -0.25) is 4.79 Å². The van der Waals surface area contributed by atoms with Gasteiger partial charge in [-0.1, -0.05) is 30.3 Å². The molecule has 26 heavy (non-hydrogen) atoms. The molecule has 1 aliphatic heterocycles. The minimum atomic E-state index is 0.232. The Labute approximate surface area is 157 Å². The van der Waals surface area contributed by atoms with Gasteiger partial charge in [0.1, 0.15) is 17.0 Å². The van der Waals surface area contributed by atoms with Crippen LogP contribution in [0.25, 0.3) is 10.2 Å². The highest BCUT2D eigenvalue weighted by Gasteiger charge is 2.26. The Morgan fingerprint density at radius 3 is 2.81 bits per heavy atom. The van der Waals surface area contributed by atoms with E-state index in [9.17, 15) is 4.79 Å². The maximum atomic E-state index is 12.7. The van der Waals surface area contributed by atoms with Crippen molar-refractivity contribution in [3.8, 4) is 0 Å². The summed E-state index contributed by atoms with van der Waals surface area (Å²) in [7, 11) is 4.02. The van der Waals surface area contributed by atoms with E-state index in [0.29, 0.717) is 13.0 Å². The SMILES string of the molecule is CN(C)c1ncnc2sc3c(c12)CCN(C(=O)CCc1ccccc1)C3. The van der Waals surface area contributed by atoms with Gasteiger partial charge in [0.05, 0.1) is 11.9 Å². The molecule has 2 aromatic heterocycles. The number of anilines is 1. The Morgan fingerprint density at radius 2 is 2.04 bits per heavy atom. The van der Waals surface area contributed by atoms with E-state index in [4.69, 9.17) is 0 Å². The molecular weight excluding hydrogens is 344 g/mol. The van der Waals surface area contributed by atoms with Crippen LogP contribution in [0.4, 0.5) is 5.82 Å². The normalized spacial score (nSPS) is 13.7. The third-order valence-corrected chi connectivity index (χ3v) is 5.99. The van der Waals surface area contributed by atoms with Crippen LogP contribution >= 0.6 is 11.3 Å². The Balaban J connectivity index is 1.52. The van der Waals surface area contributed by atoms with E-state index in [1.165, 1.54) is 16.0 Å². The number of carbonyl (C=O) groups excluding carboxylic acids is 1. The van der Waals surface area contributed by atoms with E-state index in [-0.39, 0.29) is 5.91 Å². The van der Waals surface area contributed by atoms with Crippen molar-refractivity contribution < 1.29 is 4.79 Å². The van der Waals surface area contributed by atoms with Crippen LogP contribution in [0.2, 0.25) is 0 Å². The molecule has 0 bridgehead atoms. The van der Waals surface area contributed by atoms with E-state index in [2.05, 4.69) is 22.1 Å². The number of hydrogen-bond acceptors (Lipinski definition) is 5. The van der Waals surface area contributed by atoms with Crippen molar-refractivity contribution in [3.05, 3.63) is 52.7 Å². The molecule has 134 valence electrons. The van der Waals surface area contributed by atoms with E-state index >= 15 is 0 Å². The van der Waals surface area contributed by atoms with Crippen molar-refractivity contribution in [1.82, 2.24) is 14.9 Å². The van der Waals surface area contributed by atoms with Crippen LogP contribution in [0.15, 0.2) is 36.7 Å². The van der Waals surface area contributed by atoms with Crippen molar-refractivity contribution >= 4 is 33.3 Å². The molecule has 0 aliphatic carbocycles. The Morgan fingerprint density at radius 1 is 1.23 bits per heavy atom. The van der Waals surface area contributed by atoms with Crippen molar-refractivity contribution in [1.29, 1.82) is 0 Å². The van der Waals surface area contributed by atoms with Gasteiger partial charge in [0.2, 0.25) is 5.91 Å². The molecule has 6 heteroatoms. The number of aryl methyl sites for hydroxylation is 1. The first-order valence-corrected chi connectivity index (χ1v) is 9.69. The summed E-state index contributed by atoms with van der Waals surface area (Å²) in [5, 5.41) is 1.16. The highest BCUT2D eigenvalue weighted by atomic mass is 32.1. The lowest BCUT2D eigenvalue weighted by molar-refractivity contribution is -0.132. The summed E-state index contributed by atoms with van der Waals surface area (Å²) in [6.07, 6.45) is 3.86.